The van der Waals surface area contributed by atoms with Gasteiger partial charge in [0.2, 0.25) is 0 Å². The summed E-state index contributed by atoms with van der Waals surface area (Å²) in [6.07, 6.45) is 0.528. The van der Waals surface area contributed by atoms with Crippen molar-refractivity contribution < 1.29 is 18.3 Å². The molecule has 0 fully saturated rings. The number of carboxylic acids is 1. The number of rotatable bonds is 5. The van der Waals surface area contributed by atoms with E-state index in [4.69, 9.17) is 5.11 Å². The molecule has 21 heavy (non-hydrogen) atoms. The molecule has 0 atom stereocenters. The number of carboxylic acid groups (broad SMARTS) is 1. The van der Waals surface area contributed by atoms with Crippen molar-refractivity contribution in [1.82, 2.24) is 0 Å². The summed E-state index contributed by atoms with van der Waals surface area (Å²) < 4.78 is 26.0. The third-order valence-corrected chi connectivity index (χ3v) is 6.87. The number of thiophene rings is 1. The van der Waals surface area contributed by atoms with Crippen molar-refractivity contribution in [3.05, 3.63) is 50.1 Å². The molecule has 1 aromatic carbocycles. The molecule has 4 nitrogen and oxygen atoms in total. The number of aromatic carboxylic acids is 1. The zero-order valence-corrected chi connectivity index (χ0v) is 14.4. The molecule has 0 spiro atoms. The maximum absolute atomic E-state index is 12.6. The molecular weight excluding hydrogens is 376 g/mol. The van der Waals surface area contributed by atoms with Crippen LogP contribution in [0.15, 0.2) is 39.0 Å². The first-order valence-corrected chi connectivity index (χ1v) is 9.48. The van der Waals surface area contributed by atoms with Crippen LogP contribution in [0, 0.1) is 0 Å². The third-order valence-electron chi connectivity index (χ3n) is 3.04. The predicted molar refractivity (Wildman–Crippen MR) is 85.7 cm³/mol. The van der Waals surface area contributed by atoms with E-state index in [-0.39, 0.29) is 16.2 Å². The zero-order valence-electron chi connectivity index (χ0n) is 11.2. The Morgan fingerprint density at radius 3 is 2.57 bits per heavy atom. The van der Waals surface area contributed by atoms with E-state index in [2.05, 4.69) is 15.9 Å². The van der Waals surface area contributed by atoms with Crippen molar-refractivity contribution in [3.8, 4) is 0 Å². The fourth-order valence-electron chi connectivity index (χ4n) is 1.95. The number of benzene rings is 1. The largest absolute Gasteiger partial charge is 0.478 e. The molecule has 0 saturated carbocycles. The van der Waals surface area contributed by atoms with E-state index in [0.29, 0.717) is 16.9 Å². The molecule has 0 radical (unpaired) electrons. The van der Waals surface area contributed by atoms with Crippen molar-refractivity contribution in [2.75, 3.05) is 0 Å². The standard InChI is InChI=1S/C14H13BrO4S2/c1-2-9-3-4-10(14(16)17)7-13(9)21(18,19)8-12-11(15)5-6-20-12/h3-7H,2,8H2,1H3,(H,16,17). The summed E-state index contributed by atoms with van der Waals surface area (Å²) in [6.45, 7) is 1.84. The minimum Gasteiger partial charge on any atom is -0.478 e. The molecule has 0 bridgehead atoms. The number of sulfone groups is 1. The molecule has 0 amide bonds. The fraction of sp³-hybridized carbons (Fsp3) is 0.214. The van der Waals surface area contributed by atoms with Crippen molar-refractivity contribution in [2.45, 2.75) is 24.0 Å². The van der Waals surface area contributed by atoms with Gasteiger partial charge in [-0.15, -0.1) is 11.3 Å². The van der Waals surface area contributed by atoms with Gasteiger partial charge in [-0.25, -0.2) is 13.2 Å². The van der Waals surface area contributed by atoms with E-state index >= 15 is 0 Å². The van der Waals surface area contributed by atoms with E-state index in [1.54, 1.807) is 12.1 Å². The van der Waals surface area contributed by atoms with E-state index in [0.717, 1.165) is 4.47 Å². The highest BCUT2D eigenvalue weighted by Gasteiger charge is 2.22. The SMILES string of the molecule is CCc1ccc(C(=O)O)cc1S(=O)(=O)Cc1sccc1Br. The molecule has 0 saturated heterocycles. The maximum Gasteiger partial charge on any atom is 0.335 e. The van der Waals surface area contributed by atoms with Gasteiger partial charge in [-0.05, 0) is 51.5 Å². The highest BCUT2D eigenvalue weighted by molar-refractivity contribution is 9.10. The second-order valence-electron chi connectivity index (χ2n) is 4.43. The van der Waals surface area contributed by atoms with Gasteiger partial charge >= 0.3 is 5.97 Å². The second kappa shape index (κ2) is 6.29. The van der Waals surface area contributed by atoms with Crippen molar-refractivity contribution in [1.29, 1.82) is 0 Å². The number of carbonyl (C=O) groups is 1. The van der Waals surface area contributed by atoms with E-state index in [9.17, 15) is 13.2 Å². The van der Waals surface area contributed by atoms with Gasteiger partial charge < -0.3 is 5.11 Å². The van der Waals surface area contributed by atoms with Crippen molar-refractivity contribution in [2.24, 2.45) is 0 Å². The first-order chi connectivity index (χ1) is 9.85. The molecule has 0 aliphatic rings. The summed E-state index contributed by atoms with van der Waals surface area (Å²) in [7, 11) is -3.59. The molecule has 0 aliphatic carbocycles. The van der Waals surface area contributed by atoms with Crippen molar-refractivity contribution in [3.63, 3.8) is 0 Å². The second-order valence-corrected chi connectivity index (χ2v) is 8.25. The van der Waals surface area contributed by atoms with E-state index < -0.39 is 15.8 Å². The van der Waals surface area contributed by atoms with Crippen LogP contribution >= 0.6 is 27.3 Å². The van der Waals surface area contributed by atoms with Gasteiger partial charge in [-0.3, -0.25) is 0 Å². The molecule has 112 valence electrons. The number of aryl methyl sites for hydroxylation is 1. The van der Waals surface area contributed by atoms with Crippen LogP contribution in [0.25, 0.3) is 0 Å². The van der Waals surface area contributed by atoms with Crippen LogP contribution in [-0.2, 0) is 22.0 Å². The van der Waals surface area contributed by atoms with Crippen LogP contribution in [-0.4, -0.2) is 19.5 Å². The molecule has 2 rings (SSSR count). The Morgan fingerprint density at radius 1 is 1.33 bits per heavy atom. The maximum atomic E-state index is 12.6. The summed E-state index contributed by atoms with van der Waals surface area (Å²) in [5.74, 6) is -1.27. The van der Waals surface area contributed by atoms with E-state index in [1.165, 1.54) is 23.5 Å². The Hall–Kier alpha value is -1.18. The van der Waals surface area contributed by atoms with Crippen LogP contribution in [0.1, 0.15) is 27.7 Å². The molecule has 1 aromatic heterocycles. The Kier molecular flexibility index (Phi) is 4.85. The molecular formula is C14H13BrO4S2. The average Bonchev–Trinajstić information content (AvgIpc) is 2.82. The smallest absolute Gasteiger partial charge is 0.335 e. The molecule has 1 N–H and O–H groups in total. The normalized spacial score (nSPS) is 11.5. The Balaban J connectivity index is 2.50. The van der Waals surface area contributed by atoms with Gasteiger partial charge in [0.05, 0.1) is 16.2 Å². The topological polar surface area (TPSA) is 71.4 Å². The lowest BCUT2D eigenvalue weighted by Crippen LogP contribution is -2.09. The minimum atomic E-state index is -3.59. The predicted octanol–water partition coefficient (Wildman–Crippen LogP) is 3.75. The number of halogens is 1. The highest BCUT2D eigenvalue weighted by Crippen LogP contribution is 2.29. The molecule has 0 unspecified atom stereocenters. The molecule has 1 heterocycles. The Bertz CT molecular complexity index is 778. The lowest BCUT2D eigenvalue weighted by molar-refractivity contribution is 0.0696. The molecule has 7 heteroatoms. The summed E-state index contributed by atoms with van der Waals surface area (Å²) in [6, 6.07) is 6.04. The lowest BCUT2D eigenvalue weighted by atomic mass is 10.1. The zero-order chi connectivity index (χ0) is 15.6. The van der Waals surface area contributed by atoms with Gasteiger partial charge in [-0.2, -0.15) is 0 Å². The van der Waals surface area contributed by atoms with Gasteiger partial charge in [0, 0.05) is 9.35 Å². The summed E-state index contributed by atoms with van der Waals surface area (Å²) in [5, 5.41) is 10.8. The van der Waals surface area contributed by atoms with Gasteiger partial charge in [0.15, 0.2) is 9.84 Å². The van der Waals surface area contributed by atoms with Gasteiger partial charge in [0.1, 0.15) is 0 Å². The van der Waals surface area contributed by atoms with Gasteiger partial charge in [0.25, 0.3) is 0 Å². The van der Waals surface area contributed by atoms with Crippen LogP contribution < -0.4 is 0 Å². The molecule has 0 aliphatic heterocycles. The first-order valence-electron chi connectivity index (χ1n) is 6.16. The van der Waals surface area contributed by atoms with Crippen molar-refractivity contribution >= 4 is 43.1 Å². The third kappa shape index (κ3) is 3.53. The minimum absolute atomic E-state index is 0.0176. The summed E-state index contributed by atoms with van der Waals surface area (Å²) in [5.41, 5.74) is 0.615. The first kappa shape index (κ1) is 16.2. The summed E-state index contributed by atoms with van der Waals surface area (Å²) in [4.78, 5) is 11.9. The Morgan fingerprint density at radius 2 is 2.05 bits per heavy atom. The summed E-state index contributed by atoms with van der Waals surface area (Å²) >= 11 is 4.67. The van der Waals surface area contributed by atoms with Crippen LogP contribution in [0.2, 0.25) is 0 Å². The van der Waals surface area contributed by atoms with Gasteiger partial charge in [-0.1, -0.05) is 13.0 Å². The molecule has 2 aromatic rings. The fourth-order valence-corrected chi connectivity index (χ4v) is 5.72. The average molecular weight is 389 g/mol. The number of hydrogen-bond acceptors (Lipinski definition) is 4. The highest BCUT2D eigenvalue weighted by atomic mass is 79.9. The van der Waals surface area contributed by atoms with Crippen LogP contribution in [0.3, 0.4) is 0 Å². The quantitative estimate of drug-likeness (QED) is 0.846. The van der Waals surface area contributed by atoms with Crippen LogP contribution in [0.4, 0.5) is 0 Å². The monoisotopic (exact) mass is 388 g/mol. The van der Waals surface area contributed by atoms with E-state index in [1.807, 2.05) is 12.3 Å². The van der Waals surface area contributed by atoms with Crippen LogP contribution in [0.5, 0.6) is 0 Å². The number of hydrogen-bond donors (Lipinski definition) is 1. The lowest BCUT2D eigenvalue weighted by Gasteiger charge is -2.10. The Labute approximate surface area is 135 Å².